The fraction of sp³-hybridized carbons (Fsp3) is 0.471. The van der Waals surface area contributed by atoms with Crippen molar-refractivity contribution in [1.82, 2.24) is 15.5 Å². The van der Waals surface area contributed by atoms with E-state index in [1.54, 1.807) is 7.11 Å². The number of rotatable bonds is 9. The van der Waals surface area contributed by atoms with E-state index in [9.17, 15) is 14.4 Å². The fourth-order valence-corrected chi connectivity index (χ4v) is 2.50. The molecule has 7 nitrogen and oxygen atoms in total. The summed E-state index contributed by atoms with van der Waals surface area (Å²) in [5, 5.41) is 5.41. The molecule has 0 bridgehead atoms. The molecule has 1 aromatic carbocycles. The highest BCUT2D eigenvalue weighted by Crippen LogP contribution is 2.14. The van der Waals surface area contributed by atoms with Crippen molar-refractivity contribution in [3.8, 4) is 0 Å². The highest BCUT2D eigenvalue weighted by molar-refractivity contribution is 6.04. The summed E-state index contributed by atoms with van der Waals surface area (Å²) in [7, 11) is 1.61. The van der Waals surface area contributed by atoms with Gasteiger partial charge >= 0.3 is 6.03 Å². The Kier molecular flexibility index (Phi) is 6.74. The van der Waals surface area contributed by atoms with Gasteiger partial charge in [-0.2, -0.15) is 0 Å². The number of imide groups is 1. The number of nitrogens with zero attached hydrogens (tertiary/aromatic N) is 1. The van der Waals surface area contributed by atoms with Crippen LogP contribution in [0, 0.1) is 0 Å². The van der Waals surface area contributed by atoms with E-state index in [2.05, 4.69) is 10.6 Å². The van der Waals surface area contributed by atoms with Crippen molar-refractivity contribution in [2.24, 2.45) is 0 Å². The number of ether oxygens (including phenoxy) is 1. The lowest BCUT2D eigenvalue weighted by Crippen LogP contribution is -2.32. The van der Waals surface area contributed by atoms with Crippen LogP contribution in [-0.2, 0) is 20.9 Å². The molecule has 1 saturated heterocycles. The van der Waals surface area contributed by atoms with Gasteiger partial charge in [0.15, 0.2) is 0 Å². The average molecular weight is 333 g/mol. The molecular weight excluding hydrogens is 310 g/mol. The van der Waals surface area contributed by atoms with Crippen molar-refractivity contribution >= 4 is 17.8 Å². The van der Waals surface area contributed by atoms with Crippen molar-refractivity contribution in [2.45, 2.75) is 31.8 Å². The average Bonchev–Trinajstić information content (AvgIpc) is 2.85. The number of urea groups is 1. The molecule has 0 aliphatic carbocycles. The molecule has 0 radical (unpaired) electrons. The Morgan fingerprint density at radius 2 is 2.04 bits per heavy atom. The van der Waals surface area contributed by atoms with Crippen LogP contribution in [0.3, 0.4) is 0 Å². The molecule has 0 unspecified atom stereocenters. The third-order valence-electron chi connectivity index (χ3n) is 3.80. The van der Waals surface area contributed by atoms with Crippen LogP contribution < -0.4 is 10.6 Å². The van der Waals surface area contributed by atoms with Gasteiger partial charge < -0.3 is 15.4 Å². The zero-order valence-corrected chi connectivity index (χ0v) is 13.8. The Labute approximate surface area is 141 Å². The number of carbonyl (C=O) groups is 3. The van der Waals surface area contributed by atoms with Gasteiger partial charge in [0.2, 0.25) is 5.91 Å². The van der Waals surface area contributed by atoms with Crippen molar-refractivity contribution in [3.63, 3.8) is 0 Å². The van der Waals surface area contributed by atoms with Gasteiger partial charge in [0.25, 0.3) is 5.91 Å². The number of hydrogen-bond acceptors (Lipinski definition) is 4. The fourth-order valence-electron chi connectivity index (χ4n) is 2.50. The van der Waals surface area contributed by atoms with E-state index in [-0.39, 0.29) is 24.8 Å². The van der Waals surface area contributed by atoms with Crippen LogP contribution in [0.2, 0.25) is 0 Å². The van der Waals surface area contributed by atoms with Crippen molar-refractivity contribution < 1.29 is 19.1 Å². The summed E-state index contributed by atoms with van der Waals surface area (Å²) < 4.78 is 4.90. The van der Waals surface area contributed by atoms with E-state index in [1.807, 2.05) is 30.3 Å². The second-order valence-electron chi connectivity index (χ2n) is 5.65. The monoisotopic (exact) mass is 333 g/mol. The largest absolute Gasteiger partial charge is 0.385 e. The van der Waals surface area contributed by atoms with Crippen LogP contribution in [0.15, 0.2) is 30.3 Å². The third-order valence-corrected chi connectivity index (χ3v) is 3.80. The molecule has 0 spiro atoms. The number of nitrogens with one attached hydrogen (secondary N) is 2. The molecule has 7 heteroatoms. The number of amides is 4. The third kappa shape index (κ3) is 5.06. The molecular formula is C17H23N3O4. The summed E-state index contributed by atoms with van der Waals surface area (Å²) in [6.45, 7) is 1.37. The van der Waals surface area contributed by atoms with Crippen LogP contribution in [0.25, 0.3) is 0 Å². The second-order valence-corrected chi connectivity index (χ2v) is 5.65. The van der Waals surface area contributed by atoms with Gasteiger partial charge in [-0.15, -0.1) is 0 Å². The molecule has 1 atom stereocenters. The van der Waals surface area contributed by atoms with Crippen LogP contribution in [0.5, 0.6) is 0 Å². The molecule has 1 aromatic rings. The Morgan fingerprint density at radius 3 is 2.75 bits per heavy atom. The Balaban J connectivity index is 1.78. The summed E-state index contributed by atoms with van der Waals surface area (Å²) in [5.74, 6) is -0.411. The summed E-state index contributed by atoms with van der Waals surface area (Å²) >= 11 is 0. The molecule has 2 N–H and O–H groups in total. The van der Waals surface area contributed by atoms with E-state index in [4.69, 9.17) is 4.74 Å². The molecule has 0 saturated carbocycles. The highest BCUT2D eigenvalue weighted by atomic mass is 16.5. The normalized spacial score (nSPS) is 17.0. The van der Waals surface area contributed by atoms with Gasteiger partial charge in [-0.05, 0) is 18.4 Å². The van der Waals surface area contributed by atoms with Crippen LogP contribution in [0.4, 0.5) is 4.79 Å². The minimum Gasteiger partial charge on any atom is -0.385 e. The van der Waals surface area contributed by atoms with E-state index < -0.39 is 12.1 Å². The van der Waals surface area contributed by atoms with Gasteiger partial charge in [-0.3, -0.25) is 14.5 Å². The number of methoxy groups -OCH3 is 1. The molecule has 24 heavy (non-hydrogen) atoms. The summed E-state index contributed by atoms with van der Waals surface area (Å²) in [6.07, 6.45) is 1.24. The van der Waals surface area contributed by atoms with Gasteiger partial charge in [0.05, 0.1) is 6.54 Å². The Hall–Kier alpha value is -2.41. The van der Waals surface area contributed by atoms with Gasteiger partial charge in [-0.25, -0.2) is 4.79 Å². The Morgan fingerprint density at radius 1 is 1.29 bits per heavy atom. The Bertz CT molecular complexity index is 576. The van der Waals surface area contributed by atoms with Gasteiger partial charge in [-0.1, -0.05) is 30.3 Å². The molecule has 130 valence electrons. The van der Waals surface area contributed by atoms with E-state index in [0.29, 0.717) is 19.6 Å². The van der Waals surface area contributed by atoms with Crippen LogP contribution in [-0.4, -0.2) is 49.0 Å². The molecule has 0 aromatic heterocycles. The maximum atomic E-state index is 12.3. The summed E-state index contributed by atoms with van der Waals surface area (Å²) in [6, 6.07) is 8.28. The lowest BCUT2D eigenvalue weighted by Gasteiger charge is -2.13. The zero-order valence-electron chi connectivity index (χ0n) is 13.8. The predicted molar refractivity (Wildman–Crippen MR) is 88.0 cm³/mol. The zero-order chi connectivity index (χ0) is 17.4. The molecule has 1 aliphatic heterocycles. The topological polar surface area (TPSA) is 87.7 Å². The maximum absolute atomic E-state index is 12.3. The second kappa shape index (κ2) is 9.02. The van der Waals surface area contributed by atoms with Crippen molar-refractivity contribution in [1.29, 1.82) is 0 Å². The number of benzene rings is 1. The summed E-state index contributed by atoms with van der Waals surface area (Å²) in [5.41, 5.74) is 0.887. The molecule has 4 amide bonds. The molecule has 1 fully saturated rings. The van der Waals surface area contributed by atoms with E-state index in [0.717, 1.165) is 12.0 Å². The number of hydrogen-bond donors (Lipinski definition) is 2. The quantitative estimate of drug-likeness (QED) is 0.522. The lowest BCUT2D eigenvalue weighted by atomic mass is 10.1. The molecule has 1 heterocycles. The van der Waals surface area contributed by atoms with E-state index in [1.165, 1.54) is 4.90 Å². The predicted octanol–water partition coefficient (Wildman–Crippen LogP) is 1.04. The first-order valence-corrected chi connectivity index (χ1v) is 8.03. The SMILES string of the molecule is COCCCNC(=O)CC[C@@H]1NC(=O)N(Cc2ccccc2)C1=O. The van der Waals surface area contributed by atoms with Crippen molar-refractivity contribution in [2.75, 3.05) is 20.3 Å². The van der Waals surface area contributed by atoms with Crippen LogP contribution in [0.1, 0.15) is 24.8 Å². The van der Waals surface area contributed by atoms with Crippen LogP contribution >= 0.6 is 0 Å². The highest BCUT2D eigenvalue weighted by Gasteiger charge is 2.37. The van der Waals surface area contributed by atoms with Crippen molar-refractivity contribution in [3.05, 3.63) is 35.9 Å². The maximum Gasteiger partial charge on any atom is 0.325 e. The van der Waals surface area contributed by atoms with E-state index >= 15 is 0 Å². The van der Waals surface area contributed by atoms with Gasteiger partial charge in [0, 0.05) is 26.7 Å². The summed E-state index contributed by atoms with van der Waals surface area (Å²) in [4.78, 5) is 37.2. The standard InChI is InChI=1S/C17H23N3O4/c1-24-11-5-10-18-15(21)9-8-14-16(22)20(17(23)19-14)12-13-6-3-2-4-7-13/h2-4,6-7,14H,5,8-12H2,1H3,(H,18,21)(H,19,23)/t14-/m0/s1. The first-order valence-electron chi connectivity index (χ1n) is 8.03. The van der Waals surface area contributed by atoms with Gasteiger partial charge in [0.1, 0.15) is 6.04 Å². The molecule has 1 aliphatic rings. The molecule has 2 rings (SSSR count). The minimum atomic E-state index is -0.633. The minimum absolute atomic E-state index is 0.130. The first-order chi connectivity index (χ1) is 11.6. The first kappa shape index (κ1) is 17.9. The smallest absolute Gasteiger partial charge is 0.325 e. The number of carbonyl (C=O) groups excluding carboxylic acids is 3. The lowest BCUT2D eigenvalue weighted by molar-refractivity contribution is -0.128.